The van der Waals surface area contributed by atoms with E-state index < -0.39 is 6.04 Å². The van der Waals surface area contributed by atoms with Crippen molar-refractivity contribution < 1.29 is 9.59 Å². The Morgan fingerprint density at radius 3 is 2.36 bits per heavy atom. The number of urea groups is 1. The second kappa shape index (κ2) is 6.81. The topological polar surface area (TPSA) is 70.2 Å². The average molecular weight is 335 g/mol. The zero-order chi connectivity index (χ0) is 18.0. The van der Waals surface area contributed by atoms with E-state index in [-0.39, 0.29) is 11.9 Å². The number of benzene rings is 2. The molecule has 2 aromatic carbocycles. The molecule has 0 aromatic heterocycles. The fourth-order valence-corrected chi connectivity index (χ4v) is 2.91. The van der Waals surface area contributed by atoms with Gasteiger partial charge in [-0.3, -0.25) is 4.79 Å². The molecule has 3 rings (SSSR count). The number of hydrogen-bond acceptors (Lipinski definition) is 2. The molecule has 0 fully saturated rings. The van der Waals surface area contributed by atoms with E-state index in [9.17, 15) is 9.59 Å². The molecule has 128 valence electrons. The number of carbonyl (C=O) groups is 2. The van der Waals surface area contributed by atoms with Crippen LogP contribution in [0.15, 0.2) is 59.8 Å². The van der Waals surface area contributed by atoms with E-state index in [0.717, 1.165) is 22.4 Å². The lowest BCUT2D eigenvalue weighted by Gasteiger charge is -2.29. The SMILES string of the molecule is CC1=C(C(=O)Nc2ccccc2C)[C@@H](c2ccc(C)cc2)NC(=O)N1. The second-order valence-corrected chi connectivity index (χ2v) is 6.25. The molecule has 3 amide bonds. The number of carbonyl (C=O) groups excluding carboxylic acids is 2. The number of nitrogens with one attached hydrogen (secondary N) is 3. The molecule has 1 aliphatic rings. The van der Waals surface area contributed by atoms with Gasteiger partial charge < -0.3 is 16.0 Å². The number of hydrogen-bond donors (Lipinski definition) is 3. The van der Waals surface area contributed by atoms with Crippen LogP contribution in [-0.4, -0.2) is 11.9 Å². The third-order valence-electron chi connectivity index (χ3n) is 4.32. The first-order valence-corrected chi connectivity index (χ1v) is 8.17. The summed E-state index contributed by atoms with van der Waals surface area (Å²) >= 11 is 0. The highest BCUT2D eigenvalue weighted by molar-refractivity contribution is 6.07. The number of aryl methyl sites for hydroxylation is 2. The van der Waals surface area contributed by atoms with Crippen LogP contribution in [0.3, 0.4) is 0 Å². The summed E-state index contributed by atoms with van der Waals surface area (Å²) in [6.07, 6.45) is 0. The Kier molecular flexibility index (Phi) is 4.57. The Morgan fingerprint density at radius 1 is 1.00 bits per heavy atom. The summed E-state index contributed by atoms with van der Waals surface area (Å²) in [6.45, 7) is 5.68. The number of para-hydroxylation sites is 1. The zero-order valence-corrected chi connectivity index (χ0v) is 14.5. The maximum atomic E-state index is 12.9. The van der Waals surface area contributed by atoms with Crippen molar-refractivity contribution in [3.05, 3.63) is 76.5 Å². The minimum absolute atomic E-state index is 0.232. The van der Waals surface area contributed by atoms with Gasteiger partial charge in [-0.05, 0) is 38.0 Å². The number of allylic oxidation sites excluding steroid dienone is 1. The molecule has 3 N–H and O–H groups in total. The Balaban J connectivity index is 1.96. The lowest BCUT2D eigenvalue weighted by atomic mass is 9.94. The predicted octanol–water partition coefficient (Wildman–Crippen LogP) is 3.57. The summed E-state index contributed by atoms with van der Waals surface area (Å²) in [4.78, 5) is 24.8. The average Bonchev–Trinajstić information content (AvgIpc) is 2.57. The largest absolute Gasteiger partial charge is 0.327 e. The molecule has 0 saturated heterocycles. The van der Waals surface area contributed by atoms with Gasteiger partial charge in [-0.25, -0.2) is 4.79 Å². The zero-order valence-electron chi connectivity index (χ0n) is 14.5. The molecule has 25 heavy (non-hydrogen) atoms. The molecule has 0 aliphatic carbocycles. The molecule has 1 aliphatic heterocycles. The standard InChI is InChI=1S/C20H21N3O2/c1-12-8-10-15(11-9-12)18-17(14(3)21-20(25)23-18)19(24)22-16-7-5-4-6-13(16)2/h4-11,18H,1-3H3,(H,22,24)(H2,21,23,25)/t18-/m1/s1. The normalized spacial score (nSPS) is 16.9. The van der Waals surface area contributed by atoms with Crippen molar-refractivity contribution in [3.63, 3.8) is 0 Å². The van der Waals surface area contributed by atoms with Crippen LogP contribution >= 0.6 is 0 Å². The molecule has 1 heterocycles. The van der Waals surface area contributed by atoms with Crippen LogP contribution in [-0.2, 0) is 4.79 Å². The Bertz CT molecular complexity index is 853. The van der Waals surface area contributed by atoms with Crippen LogP contribution in [0.4, 0.5) is 10.5 Å². The van der Waals surface area contributed by atoms with Crippen molar-refractivity contribution in [1.29, 1.82) is 0 Å². The molecule has 0 radical (unpaired) electrons. The van der Waals surface area contributed by atoms with Gasteiger partial charge in [0.2, 0.25) is 0 Å². The van der Waals surface area contributed by atoms with Crippen molar-refractivity contribution in [2.24, 2.45) is 0 Å². The van der Waals surface area contributed by atoms with E-state index in [4.69, 9.17) is 0 Å². The van der Waals surface area contributed by atoms with Gasteiger partial charge in [0, 0.05) is 11.4 Å². The van der Waals surface area contributed by atoms with Crippen molar-refractivity contribution in [3.8, 4) is 0 Å². The van der Waals surface area contributed by atoms with Gasteiger partial charge in [0.1, 0.15) is 0 Å². The molecule has 2 aromatic rings. The first kappa shape index (κ1) is 16.8. The van der Waals surface area contributed by atoms with Gasteiger partial charge >= 0.3 is 6.03 Å². The lowest BCUT2D eigenvalue weighted by Crippen LogP contribution is -2.46. The third kappa shape index (κ3) is 3.55. The van der Waals surface area contributed by atoms with E-state index in [2.05, 4.69) is 16.0 Å². The lowest BCUT2D eigenvalue weighted by molar-refractivity contribution is -0.113. The quantitative estimate of drug-likeness (QED) is 0.802. The smallest absolute Gasteiger partial charge is 0.319 e. The van der Waals surface area contributed by atoms with Crippen LogP contribution in [0.2, 0.25) is 0 Å². The highest BCUT2D eigenvalue weighted by atomic mass is 16.2. The Hall–Kier alpha value is -3.08. The molecule has 0 unspecified atom stereocenters. The predicted molar refractivity (Wildman–Crippen MR) is 98.1 cm³/mol. The fraction of sp³-hybridized carbons (Fsp3) is 0.200. The first-order chi connectivity index (χ1) is 12.0. The van der Waals surface area contributed by atoms with E-state index >= 15 is 0 Å². The summed E-state index contributed by atoms with van der Waals surface area (Å²) in [5.74, 6) is -0.232. The second-order valence-electron chi connectivity index (χ2n) is 6.25. The summed E-state index contributed by atoms with van der Waals surface area (Å²) in [5, 5.41) is 8.48. The molecule has 5 nitrogen and oxygen atoms in total. The maximum absolute atomic E-state index is 12.9. The van der Waals surface area contributed by atoms with Gasteiger partial charge in [0.15, 0.2) is 0 Å². The Morgan fingerprint density at radius 2 is 1.68 bits per heavy atom. The molecule has 0 spiro atoms. The van der Waals surface area contributed by atoms with Crippen molar-refractivity contribution >= 4 is 17.6 Å². The highest BCUT2D eigenvalue weighted by Gasteiger charge is 2.31. The third-order valence-corrected chi connectivity index (χ3v) is 4.32. The van der Waals surface area contributed by atoms with E-state index in [1.165, 1.54) is 0 Å². The number of amides is 3. The summed E-state index contributed by atoms with van der Waals surface area (Å²) in [5.41, 5.74) is 4.79. The minimum atomic E-state index is -0.488. The van der Waals surface area contributed by atoms with Crippen LogP contribution in [0.5, 0.6) is 0 Å². The van der Waals surface area contributed by atoms with Gasteiger partial charge in [0.05, 0.1) is 11.6 Å². The highest BCUT2D eigenvalue weighted by Crippen LogP contribution is 2.28. The summed E-state index contributed by atoms with van der Waals surface area (Å²) < 4.78 is 0. The van der Waals surface area contributed by atoms with Crippen LogP contribution < -0.4 is 16.0 Å². The van der Waals surface area contributed by atoms with Crippen LogP contribution in [0.25, 0.3) is 0 Å². The molecular formula is C20H21N3O2. The minimum Gasteiger partial charge on any atom is -0.327 e. The monoisotopic (exact) mass is 335 g/mol. The van der Waals surface area contributed by atoms with Gasteiger partial charge in [-0.1, -0.05) is 48.0 Å². The first-order valence-electron chi connectivity index (χ1n) is 8.17. The maximum Gasteiger partial charge on any atom is 0.319 e. The summed E-state index contributed by atoms with van der Waals surface area (Å²) in [7, 11) is 0. The fourth-order valence-electron chi connectivity index (χ4n) is 2.91. The van der Waals surface area contributed by atoms with Gasteiger partial charge in [0.25, 0.3) is 5.91 Å². The molecule has 0 bridgehead atoms. The number of rotatable bonds is 3. The van der Waals surface area contributed by atoms with E-state index in [0.29, 0.717) is 11.3 Å². The van der Waals surface area contributed by atoms with Crippen molar-refractivity contribution in [2.75, 3.05) is 5.32 Å². The van der Waals surface area contributed by atoms with Gasteiger partial charge in [-0.2, -0.15) is 0 Å². The van der Waals surface area contributed by atoms with Gasteiger partial charge in [-0.15, -0.1) is 0 Å². The van der Waals surface area contributed by atoms with E-state index in [1.54, 1.807) is 6.92 Å². The summed E-state index contributed by atoms with van der Waals surface area (Å²) in [6, 6.07) is 14.6. The molecule has 0 saturated carbocycles. The molecular weight excluding hydrogens is 314 g/mol. The van der Waals surface area contributed by atoms with E-state index in [1.807, 2.05) is 62.4 Å². The molecule has 1 atom stereocenters. The number of anilines is 1. The van der Waals surface area contributed by atoms with Crippen LogP contribution in [0.1, 0.15) is 29.7 Å². The van der Waals surface area contributed by atoms with Crippen LogP contribution in [0, 0.1) is 13.8 Å². The molecule has 5 heteroatoms. The van der Waals surface area contributed by atoms with Crippen molar-refractivity contribution in [2.45, 2.75) is 26.8 Å². The van der Waals surface area contributed by atoms with Crippen molar-refractivity contribution in [1.82, 2.24) is 10.6 Å². The Labute approximate surface area is 147 Å².